The second-order valence-corrected chi connectivity index (χ2v) is 6.93. The first kappa shape index (κ1) is 16.5. The van der Waals surface area contributed by atoms with Gasteiger partial charge in [0.25, 0.3) is 0 Å². The Balaban J connectivity index is 2.16. The van der Waals surface area contributed by atoms with Crippen LogP contribution >= 0.6 is 0 Å². The molecule has 0 amide bonds. The highest BCUT2D eigenvalue weighted by molar-refractivity contribution is 5.89. The SMILES string of the molecule is CC1=C(/C=C/C(C)=[N+](/[O-])Cc2ccccc2)C(C)(C)CCC1. The molecular formula is C20H27NO. The maximum absolute atomic E-state index is 12.2. The van der Waals surface area contributed by atoms with Crippen molar-refractivity contribution in [3.8, 4) is 0 Å². The summed E-state index contributed by atoms with van der Waals surface area (Å²) in [6.45, 7) is 9.10. The number of nitrogens with zero attached hydrogens (tertiary/aromatic N) is 1. The van der Waals surface area contributed by atoms with Crippen molar-refractivity contribution in [2.75, 3.05) is 0 Å². The van der Waals surface area contributed by atoms with Gasteiger partial charge in [-0.1, -0.05) is 55.8 Å². The molecule has 2 rings (SSSR count). The van der Waals surface area contributed by atoms with E-state index in [0.717, 1.165) is 16.0 Å². The van der Waals surface area contributed by atoms with Crippen LogP contribution in [0.2, 0.25) is 0 Å². The standard InChI is InChI=1S/C20H27NO/c1-16-9-8-14-20(3,4)19(16)13-12-17(2)21(22)15-18-10-6-5-7-11-18/h5-7,10-13H,8-9,14-15H2,1-4H3/b13-12+,21-17+. The van der Waals surface area contributed by atoms with Crippen molar-refractivity contribution >= 4 is 5.71 Å². The van der Waals surface area contributed by atoms with E-state index in [9.17, 15) is 5.21 Å². The van der Waals surface area contributed by atoms with Crippen LogP contribution in [0.1, 0.15) is 52.5 Å². The molecule has 0 N–H and O–H groups in total. The third-order valence-electron chi connectivity index (χ3n) is 4.60. The predicted octanol–water partition coefficient (Wildman–Crippen LogP) is 5.24. The van der Waals surface area contributed by atoms with Gasteiger partial charge < -0.3 is 5.21 Å². The lowest BCUT2D eigenvalue weighted by Gasteiger charge is -2.32. The molecule has 0 spiro atoms. The number of rotatable bonds is 4. The third-order valence-corrected chi connectivity index (χ3v) is 4.60. The maximum Gasteiger partial charge on any atom is 0.184 e. The van der Waals surface area contributed by atoms with Crippen molar-refractivity contribution in [3.05, 3.63) is 64.4 Å². The van der Waals surface area contributed by atoms with Crippen LogP contribution in [0.25, 0.3) is 0 Å². The van der Waals surface area contributed by atoms with Gasteiger partial charge in [0.05, 0.1) is 0 Å². The van der Waals surface area contributed by atoms with Gasteiger partial charge in [-0.25, -0.2) is 4.74 Å². The van der Waals surface area contributed by atoms with E-state index in [-0.39, 0.29) is 5.41 Å². The van der Waals surface area contributed by atoms with Crippen molar-refractivity contribution in [2.24, 2.45) is 5.41 Å². The smallest absolute Gasteiger partial charge is 0.184 e. The molecule has 1 aliphatic carbocycles. The predicted molar refractivity (Wildman–Crippen MR) is 93.9 cm³/mol. The summed E-state index contributed by atoms with van der Waals surface area (Å²) in [4.78, 5) is 0. The Morgan fingerprint density at radius 1 is 1.27 bits per heavy atom. The average Bonchev–Trinajstić information content (AvgIpc) is 2.46. The van der Waals surface area contributed by atoms with Gasteiger partial charge in [-0.15, -0.1) is 0 Å². The summed E-state index contributed by atoms with van der Waals surface area (Å²) < 4.78 is 1.07. The Labute approximate surface area is 134 Å². The molecule has 2 nitrogen and oxygen atoms in total. The van der Waals surface area contributed by atoms with E-state index in [0.29, 0.717) is 6.54 Å². The van der Waals surface area contributed by atoms with Crippen LogP contribution in [0.3, 0.4) is 0 Å². The van der Waals surface area contributed by atoms with Gasteiger partial charge in [-0.05, 0) is 37.2 Å². The normalized spacial score (nSPS) is 19.5. The minimum atomic E-state index is 0.215. The Morgan fingerprint density at radius 3 is 2.59 bits per heavy atom. The molecule has 0 fully saturated rings. The van der Waals surface area contributed by atoms with Crippen LogP contribution in [-0.4, -0.2) is 10.5 Å². The second kappa shape index (κ2) is 6.95. The first-order valence-electron chi connectivity index (χ1n) is 8.10. The minimum absolute atomic E-state index is 0.215. The molecule has 118 valence electrons. The van der Waals surface area contributed by atoms with E-state index >= 15 is 0 Å². The van der Waals surface area contributed by atoms with Crippen molar-refractivity contribution in [2.45, 2.75) is 53.5 Å². The Morgan fingerprint density at radius 2 is 1.95 bits per heavy atom. The molecule has 22 heavy (non-hydrogen) atoms. The Kier molecular flexibility index (Phi) is 5.23. The van der Waals surface area contributed by atoms with Gasteiger partial charge in [0.1, 0.15) is 0 Å². The third kappa shape index (κ3) is 4.09. The lowest BCUT2D eigenvalue weighted by atomic mass is 9.72. The highest BCUT2D eigenvalue weighted by atomic mass is 16.5. The van der Waals surface area contributed by atoms with Crippen LogP contribution in [0.15, 0.2) is 53.6 Å². The summed E-state index contributed by atoms with van der Waals surface area (Å²) in [5.41, 5.74) is 4.86. The molecule has 0 saturated heterocycles. The molecule has 2 heteroatoms. The lowest BCUT2D eigenvalue weighted by Crippen LogP contribution is -2.19. The van der Waals surface area contributed by atoms with Crippen LogP contribution < -0.4 is 0 Å². The number of hydrogen-bond donors (Lipinski definition) is 0. The number of allylic oxidation sites excluding steroid dienone is 4. The quantitative estimate of drug-likeness (QED) is 0.323. The first-order valence-corrected chi connectivity index (χ1v) is 8.10. The van der Waals surface area contributed by atoms with E-state index in [2.05, 4.69) is 26.8 Å². The number of benzene rings is 1. The van der Waals surface area contributed by atoms with Crippen LogP contribution in [0.5, 0.6) is 0 Å². The fourth-order valence-electron chi connectivity index (χ4n) is 3.17. The van der Waals surface area contributed by atoms with E-state index < -0.39 is 0 Å². The lowest BCUT2D eigenvalue weighted by molar-refractivity contribution is -0.474. The Bertz CT molecular complexity index is 606. The van der Waals surface area contributed by atoms with Gasteiger partial charge in [0, 0.05) is 18.6 Å². The molecule has 1 aliphatic rings. The molecule has 0 atom stereocenters. The van der Waals surface area contributed by atoms with Crippen molar-refractivity contribution in [3.63, 3.8) is 0 Å². The topological polar surface area (TPSA) is 26.1 Å². The summed E-state index contributed by atoms with van der Waals surface area (Å²) in [6, 6.07) is 9.87. The molecule has 0 unspecified atom stereocenters. The summed E-state index contributed by atoms with van der Waals surface area (Å²) >= 11 is 0. The zero-order valence-electron chi connectivity index (χ0n) is 14.2. The van der Waals surface area contributed by atoms with Gasteiger partial charge >= 0.3 is 0 Å². The monoisotopic (exact) mass is 297 g/mol. The van der Waals surface area contributed by atoms with E-state index in [1.807, 2.05) is 43.3 Å². The van der Waals surface area contributed by atoms with Gasteiger partial charge in [-0.3, -0.25) is 0 Å². The zero-order chi connectivity index (χ0) is 16.2. The molecule has 1 aromatic carbocycles. The summed E-state index contributed by atoms with van der Waals surface area (Å²) in [6.07, 6.45) is 7.78. The van der Waals surface area contributed by atoms with Crippen molar-refractivity contribution in [1.82, 2.24) is 0 Å². The van der Waals surface area contributed by atoms with E-state index in [4.69, 9.17) is 0 Å². The Hall–Kier alpha value is -1.83. The van der Waals surface area contributed by atoms with Gasteiger partial charge in [0.2, 0.25) is 0 Å². The molecular weight excluding hydrogens is 270 g/mol. The fraction of sp³-hybridized carbons (Fsp3) is 0.450. The molecule has 1 aromatic rings. The summed E-state index contributed by atoms with van der Waals surface area (Å²) in [7, 11) is 0. The second-order valence-electron chi connectivity index (χ2n) is 6.93. The largest absolute Gasteiger partial charge is 0.623 e. The van der Waals surface area contributed by atoms with E-state index in [1.54, 1.807) is 0 Å². The molecule has 0 bridgehead atoms. The average molecular weight is 297 g/mol. The highest BCUT2D eigenvalue weighted by Gasteiger charge is 2.26. The highest BCUT2D eigenvalue weighted by Crippen LogP contribution is 2.40. The molecule has 0 heterocycles. The van der Waals surface area contributed by atoms with Gasteiger partial charge in [0.15, 0.2) is 12.3 Å². The molecule has 0 radical (unpaired) electrons. The summed E-state index contributed by atoms with van der Waals surface area (Å²) in [5.74, 6) is 0. The number of hydrogen-bond acceptors (Lipinski definition) is 1. The fourth-order valence-corrected chi connectivity index (χ4v) is 3.17. The van der Waals surface area contributed by atoms with Gasteiger partial charge in [-0.2, -0.15) is 0 Å². The minimum Gasteiger partial charge on any atom is -0.623 e. The van der Waals surface area contributed by atoms with Crippen LogP contribution in [-0.2, 0) is 6.54 Å². The molecule has 0 aliphatic heterocycles. The van der Waals surface area contributed by atoms with E-state index in [1.165, 1.54) is 30.4 Å². The van der Waals surface area contributed by atoms with Crippen molar-refractivity contribution < 1.29 is 4.74 Å². The van der Waals surface area contributed by atoms with Crippen molar-refractivity contribution in [1.29, 1.82) is 0 Å². The zero-order valence-corrected chi connectivity index (χ0v) is 14.2. The maximum atomic E-state index is 12.2. The van der Waals surface area contributed by atoms with Crippen LogP contribution in [0, 0.1) is 10.6 Å². The van der Waals surface area contributed by atoms with Crippen LogP contribution in [0.4, 0.5) is 0 Å². The first-order chi connectivity index (χ1) is 10.4. The summed E-state index contributed by atoms with van der Waals surface area (Å²) in [5, 5.41) is 12.2. The number of hydroxylamine groups is 1. The molecule has 0 saturated carbocycles. The molecule has 0 aromatic heterocycles.